The minimum absolute atomic E-state index is 0. The van der Waals surface area contributed by atoms with Crippen LogP contribution in [0.3, 0.4) is 0 Å². The topological polar surface area (TPSA) is 23.6 Å². The molecule has 2 aliphatic rings. The zero-order chi connectivity index (χ0) is 23.0. The van der Waals surface area contributed by atoms with Crippen LogP contribution in [-0.2, 0) is 11.3 Å². The standard InChI is InChI=1S/C29H31FN2O.ClH/c1-21-7-3-4-12-27(21)24-9-5-8-23(17-24)20-31-16-15-29(19-22(31)2)14-13-28(33)32(29)26-11-6-10-25(30)18-26;/h3-12,17-18,22H,13-16,19-20H2,1-2H3;1H/t22-,29+;/m0./s1. The van der Waals surface area contributed by atoms with Gasteiger partial charge in [0.05, 0.1) is 5.54 Å². The summed E-state index contributed by atoms with van der Waals surface area (Å²) in [7, 11) is 0. The minimum atomic E-state index is -0.290. The first kappa shape index (κ1) is 24.4. The van der Waals surface area contributed by atoms with Gasteiger partial charge in [-0.15, -0.1) is 12.4 Å². The second kappa shape index (κ2) is 9.89. The molecule has 1 spiro atoms. The Morgan fingerprint density at radius 1 is 1.00 bits per heavy atom. The molecule has 5 rings (SSSR count). The van der Waals surface area contributed by atoms with E-state index < -0.39 is 0 Å². The van der Waals surface area contributed by atoms with Crippen molar-refractivity contribution in [3.05, 3.63) is 89.7 Å². The monoisotopic (exact) mass is 478 g/mol. The number of hydrogen-bond acceptors (Lipinski definition) is 2. The maximum absolute atomic E-state index is 13.9. The quantitative estimate of drug-likeness (QED) is 0.413. The molecule has 0 aliphatic carbocycles. The maximum atomic E-state index is 13.9. The number of amides is 1. The van der Waals surface area contributed by atoms with Crippen LogP contribution in [0.2, 0.25) is 0 Å². The van der Waals surface area contributed by atoms with Crippen molar-refractivity contribution < 1.29 is 9.18 Å². The largest absolute Gasteiger partial charge is 0.306 e. The molecule has 0 unspecified atom stereocenters. The Morgan fingerprint density at radius 2 is 1.79 bits per heavy atom. The molecule has 178 valence electrons. The van der Waals surface area contributed by atoms with Crippen molar-refractivity contribution >= 4 is 24.0 Å². The Morgan fingerprint density at radius 3 is 2.56 bits per heavy atom. The van der Waals surface area contributed by atoms with E-state index in [9.17, 15) is 9.18 Å². The molecular weight excluding hydrogens is 447 g/mol. The summed E-state index contributed by atoms with van der Waals surface area (Å²) in [5, 5.41) is 0. The van der Waals surface area contributed by atoms with Gasteiger partial charge < -0.3 is 4.90 Å². The number of piperidine rings is 1. The summed E-state index contributed by atoms with van der Waals surface area (Å²) in [5.74, 6) is -0.173. The average Bonchev–Trinajstić information content (AvgIpc) is 3.11. The Balaban J connectivity index is 0.00000274. The van der Waals surface area contributed by atoms with Gasteiger partial charge in [0.1, 0.15) is 5.82 Å². The van der Waals surface area contributed by atoms with Crippen molar-refractivity contribution in [3.63, 3.8) is 0 Å². The molecule has 5 heteroatoms. The van der Waals surface area contributed by atoms with Crippen LogP contribution in [0, 0.1) is 12.7 Å². The van der Waals surface area contributed by atoms with Crippen LogP contribution < -0.4 is 4.90 Å². The van der Waals surface area contributed by atoms with Gasteiger partial charge in [-0.25, -0.2) is 4.39 Å². The van der Waals surface area contributed by atoms with Crippen LogP contribution in [0.1, 0.15) is 43.7 Å². The number of halogens is 2. The Labute approximate surface area is 208 Å². The highest BCUT2D eigenvalue weighted by Gasteiger charge is 2.49. The molecular formula is C29H32ClFN2O. The first-order valence-corrected chi connectivity index (χ1v) is 11.9. The lowest BCUT2D eigenvalue weighted by Crippen LogP contribution is -2.56. The second-order valence-electron chi connectivity index (χ2n) is 9.72. The van der Waals surface area contributed by atoms with Gasteiger partial charge in [-0.3, -0.25) is 9.69 Å². The fourth-order valence-electron chi connectivity index (χ4n) is 5.85. The Hall–Kier alpha value is -2.69. The number of aryl methyl sites for hydroxylation is 1. The summed E-state index contributed by atoms with van der Waals surface area (Å²) < 4.78 is 13.9. The molecule has 1 amide bonds. The van der Waals surface area contributed by atoms with E-state index in [2.05, 4.69) is 67.3 Å². The van der Waals surface area contributed by atoms with Crippen molar-refractivity contribution in [2.75, 3.05) is 11.4 Å². The van der Waals surface area contributed by atoms with Gasteiger partial charge in [-0.2, -0.15) is 0 Å². The Kier molecular flexibility index (Phi) is 7.11. The first-order chi connectivity index (χ1) is 15.9. The minimum Gasteiger partial charge on any atom is -0.306 e. The van der Waals surface area contributed by atoms with Gasteiger partial charge in [0.15, 0.2) is 0 Å². The van der Waals surface area contributed by atoms with E-state index in [4.69, 9.17) is 0 Å². The number of hydrogen-bond donors (Lipinski definition) is 0. The highest BCUT2D eigenvalue weighted by molar-refractivity contribution is 5.97. The number of likely N-dealkylation sites (tertiary alicyclic amines) is 1. The number of carbonyl (C=O) groups excluding carboxylic acids is 1. The molecule has 0 bridgehead atoms. The molecule has 0 radical (unpaired) electrons. The number of carbonyl (C=O) groups is 1. The number of rotatable bonds is 4. The highest BCUT2D eigenvalue weighted by Crippen LogP contribution is 2.44. The van der Waals surface area contributed by atoms with E-state index in [0.717, 1.165) is 32.4 Å². The van der Waals surface area contributed by atoms with E-state index in [1.807, 2.05) is 11.0 Å². The normalized spacial score (nSPS) is 22.7. The van der Waals surface area contributed by atoms with Crippen LogP contribution >= 0.6 is 12.4 Å². The molecule has 3 nitrogen and oxygen atoms in total. The van der Waals surface area contributed by atoms with Crippen LogP contribution in [0.4, 0.5) is 10.1 Å². The zero-order valence-corrected chi connectivity index (χ0v) is 20.7. The third-order valence-corrected chi connectivity index (χ3v) is 7.53. The lowest BCUT2D eigenvalue weighted by atomic mass is 9.81. The van der Waals surface area contributed by atoms with Crippen LogP contribution in [0.5, 0.6) is 0 Å². The molecule has 2 fully saturated rings. The summed E-state index contributed by atoms with van der Waals surface area (Å²) in [4.78, 5) is 17.3. The lowest BCUT2D eigenvalue weighted by molar-refractivity contribution is -0.117. The third kappa shape index (κ3) is 4.62. The number of anilines is 1. The van der Waals surface area contributed by atoms with E-state index in [1.54, 1.807) is 6.07 Å². The summed E-state index contributed by atoms with van der Waals surface area (Å²) >= 11 is 0. The van der Waals surface area contributed by atoms with E-state index in [0.29, 0.717) is 18.2 Å². The molecule has 2 atom stereocenters. The third-order valence-electron chi connectivity index (χ3n) is 7.53. The van der Waals surface area contributed by atoms with Crippen LogP contribution in [0.25, 0.3) is 11.1 Å². The van der Waals surface area contributed by atoms with Crippen LogP contribution in [0.15, 0.2) is 72.8 Å². The van der Waals surface area contributed by atoms with Gasteiger partial charge in [0, 0.05) is 31.2 Å². The number of benzene rings is 3. The summed E-state index contributed by atoms with van der Waals surface area (Å²) in [6.07, 6.45) is 3.22. The zero-order valence-electron chi connectivity index (χ0n) is 19.8. The van der Waals surface area contributed by atoms with Crippen molar-refractivity contribution in [2.45, 2.75) is 57.7 Å². The van der Waals surface area contributed by atoms with E-state index in [-0.39, 0.29) is 29.7 Å². The van der Waals surface area contributed by atoms with Crippen molar-refractivity contribution in [2.24, 2.45) is 0 Å². The maximum Gasteiger partial charge on any atom is 0.227 e. The molecule has 2 heterocycles. The molecule has 3 aromatic carbocycles. The Bertz CT molecular complexity index is 1180. The molecule has 3 aromatic rings. The number of nitrogens with zero attached hydrogens (tertiary/aromatic N) is 2. The van der Waals surface area contributed by atoms with E-state index in [1.165, 1.54) is 34.4 Å². The van der Waals surface area contributed by atoms with Gasteiger partial charge in [-0.05, 0) is 79.6 Å². The molecule has 2 saturated heterocycles. The highest BCUT2D eigenvalue weighted by atomic mass is 35.5. The molecule has 0 aromatic heterocycles. The fourth-order valence-corrected chi connectivity index (χ4v) is 5.85. The summed E-state index contributed by atoms with van der Waals surface area (Å²) in [6.45, 7) is 6.24. The van der Waals surface area contributed by atoms with E-state index >= 15 is 0 Å². The molecule has 2 aliphatic heterocycles. The molecule has 0 N–H and O–H groups in total. The lowest BCUT2D eigenvalue weighted by Gasteiger charge is -2.48. The SMILES string of the molecule is Cc1ccccc1-c1cccc(CN2CC[C@]3(CCC(=O)N3c3cccc(F)c3)C[C@@H]2C)c1.Cl. The molecule has 0 saturated carbocycles. The van der Waals surface area contributed by atoms with Crippen molar-refractivity contribution in [1.82, 2.24) is 4.90 Å². The van der Waals surface area contributed by atoms with Crippen molar-refractivity contribution in [1.29, 1.82) is 0 Å². The fraction of sp³-hybridized carbons (Fsp3) is 0.345. The first-order valence-electron chi connectivity index (χ1n) is 11.9. The van der Waals surface area contributed by atoms with Gasteiger partial charge in [0.25, 0.3) is 0 Å². The second-order valence-corrected chi connectivity index (χ2v) is 9.72. The van der Waals surface area contributed by atoms with Crippen LogP contribution in [-0.4, -0.2) is 28.9 Å². The van der Waals surface area contributed by atoms with Gasteiger partial charge in [0.2, 0.25) is 5.91 Å². The predicted octanol–water partition coefficient (Wildman–Crippen LogP) is 6.77. The van der Waals surface area contributed by atoms with Crippen molar-refractivity contribution in [3.8, 4) is 11.1 Å². The predicted molar refractivity (Wildman–Crippen MR) is 139 cm³/mol. The molecule has 34 heavy (non-hydrogen) atoms. The summed E-state index contributed by atoms with van der Waals surface area (Å²) in [5.41, 5.74) is 5.62. The van der Waals surface area contributed by atoms with Gasteiger partial charge in [-0.1, -0.05) is 48.5 Å². The smallest absolute Gasteiger partial charge is 0.227 e. The average molecular weight is 479 g/mol. The summed E-state index contributed by atoms with van der Waals surface area (Å²) in [6, 6.07) is 24.2. The van der Waals surface area contributed by atoms with Gasteiger partial charge >= 0.3 is 0 Å².